The predicted molar refractivity (Wildman–Crippen MR) is 30.6 cm³/mol. The molecule has 0 bridgehead atoms. The fourth-order valence-corrected chi connectivity index (χ4v) is 0.276. The van der Waals surface area contributed by atoms with Crippen molar-refractivity contribution in [3.63, 3.8) is 0 Å². The lowest BCUT2D eigenvalue weighted by Crippen LogP contribution is -2.76. The second kappa shape index (κ2) is 3.88. The van der Waals surface area contributed by atoms with Crippen molar-refractivity contribution in [1.82, 2.24) is 0 Å². The predicted octanol–water partition coefficient (Wildman–Crippen LogP) is 0.0934. The molecule has 0 saturated heterocycles. The van der Waals surface area contributed by atoms with Crippen LogP contribution in [0.3, 0.4) is 0 Å². The highest BCUT2D eigenvalue weighted by molar-refractivity contribution is 4.91. The Morgan fingerprint density at radius 3 is 2.43 bits per heavy atom. The Morgan fingerprint density at radius 1 is 1.71 bits per heavy atom. The van der Waals surface area contributed by atoms with Crippen LogP contribution in [0.1, 0.15) is 13.8 Å². The van der Waals surface area contributed by atoms with Crippen molar-refractivity contribution in [3.05, 3.63) is 18.7 Å². The smallest absolute Gasteiger partial charge is 0.111 e. The Hall–Kier alpha value is -0.300. The van der Waals surface area contributed by atoms with Gasteiger partial charge in [0.25, 0.3) is 0 Å². The van der Waals surface area contributed by atoms with Crippen LogP contribution in [0, 0.1) is 7.05 Å². The molecule has 0 unspecified atom stereocenters. The fourth-order valence-electron chi connectivity index (χ4n) is 0.276. The maximum atomic E-state index is 3.46. The molecule has 0 rings (SSSR count). The van der Waals surface area contributed by atoms with Gasteiger partial charge in [0.1, 0.15) is 6.54 Å². The monoisotopic (exact) mass is 98.1 g/mol. The zero-order valence-electron chi connectivity index (χ0n) is 4.99. The normalized spacial score (nSPS) is 8.43. The van der Waals surface area contributed by atoms with Gasteiger partial charge in [-0.15, -0.1) is 7.05 Å². The van der Waals surface area contributed by atoms with E-state index in [2.05, 4.69) is 32.3 Å². The van der Waals surface area contributed by atoms with E-state index >= 15 is 0 Å². The standard InChI is InChI=1S/C6H12N/c1-6(2)4-5-7-3/h4,7H,3,5H2,1-2H3. The van der Waals surface area contributed by atoms with Crippen molar-refractivity contribution >= 4 is 0 Å². The first-order valence-corrected chi connectivity index (χ1v) is 2.40. The van der Waals surface area contributed by atoms with Crippen LogP contribution in [0.4, 0.5) is 0 Å². The summed E-state index contributed by atoms with van der Waals surface area (Å²) in [5, 5.41) is 2.77. The Balaban J connectivity index is 3.08. The molecule has 0 atom stereocenters. The van der Waals surface area contributed by atoms with Crippen molar-refractivity contribution in [1.29, 1.82) is 0 Å². The van der Waals surface area contributed by atoms with Gasteiger partial charge in [-0.3, -0.25) is 0 Å². The average molecular weight is 98.2 g/mol. The van der Waals surface area contributed by atoms with Crippen LogP contribution in [0.2, 0.25) is 0 Å². The molecule has 7 heavy (non-hydrogen) atoms. The molecule has 1 radical (unpaired) electrons. The molecule has 0 aromatic heterocycles. The molecule has 1 heteroatoms. The van der Waals surface area contributed by atoms with Gasteiger partial charge in [0.05, 0.1) is 0 Å². The van der Waals surface area contributed by atoms with Gasteiger partial charge in [-0.2, -0.15) is 0 Å². The van der Waals surface area contributed by atoms with Crippen molar-refractivity contribution in [2.45, 2.75) is 13.8 Å². The summed E-state index contributed by atoms with van der Waals surface area (Å²) in [6, 6.07) is 0. The first kappa shape index (κ1) is 6.70. The number of nitrogens with one attached hydrogen (secondary N) is 1. The molecular formula is C6H12N. The van der Waals surface area contributed by atoms with Gasteiger partial charge < -0.3 is 5.32 Å². The lowest BCUT2D eigenvalue weighted by Gasteiger charge is -1.85. The molecule has 0 heterocycles. The van der Waals surface area contributed by atoms with Gasteiger partial charge in [-0.05, 0) is 19.9 Å². The van der Waals surface area contributed by atoms with Gasteiger partial charge in [-0.25, -0.2) is 0 Å². The number of hydrogen-bond acceptors (Lipinski definition) is 1. The largest absolute Gasteiger partial charge is 0.331 e. The highest BCUT2D eigenvalue weighted by Crippen LogP contribution is 1.82. The summed E-state index contributed by atoms with van der Waals surface area (Å²) < 4.78 is 0. The van der Waals surface area contributed by atoms with E-state index in [0.29, 0.717) is 0 Å². The summed E-state index contributed by atoms with van der Waals surface area (Å²) in [5.74, 6) is 0. The van der Waals surface area contributed by atoms with Gasteiger partial charge in [0.2, 0.25) is 0 Å². The zero-order valence-corrected chi connectivity index (χ0v) is 4.99. The molecule has 1 N–H and O–H groups in total. The fraction of sp³-hybridized carbons (Fsp3) is 0.500. The highest BCUT2D eigenvalue weighted by Gasteiger charge is 1.74. The second-order valence-electron chi connectivity index (χ2n) is 1.74. The third kappa shape index (κ3) is 5.70. The summed E-state index contributed by atoms with van der Waals surface area (Å²) >= 11 is 0. The number of hydrogen-bond donors (Lipinski definition) is 1. The number of rotatable bonds is 2. The van der Waals surface area contributed by atoms with Crippen LogP contribution in [0.15, 0.2) is 11.6 Å². The quantitative estimate of drug-likeness (QED) is 0.372. The summed E-state index contributed by atoms with van der Waals surface area (Å²) in [5.41, 5.74) is 1.33. The van der Waals surface area contributed by atoms with Crippen molar-refractivity contribution < 1.29 is 5.32 Å². The van der Waals surface area contributed by atoms with E-state index in [4.69, 9.17) is 0 Å². The third-order valence-corrected chi connectivity index (χ3v) is 0.655. The molecule has 0 aromatic rings. The maximum Gasteiger partial charge on any atom is 0.111 e. The van der Waals surface area contributed by atoms with E-state index < -0.39 is 0 Å². The van der Waals surface area contributed by atoms with Crippen molar-refractivity contribution in [2.24, 2.45) is 0 Å². The van der Waals surface area contributed by atoms with Gasteiger partial charge in [0, 0.05) is 0 Å². The van der Waals surface area contributed by atoms with Crippen LogP contribution in [0.5, 0.6) is 0 Å². The number of allylic oxidation sites excluding steroid dienone is 1. The molecule has 0 aliphatic rings. The minimum Gasteiger partial charge on any atom is -0.331 e. The molecule has 1 nitrogen and oxygen atoms in total. The SMILES string of the molecule is [CH2-][NH+]CC=C(C)C. The Bertz CT molecular complexity index is 60.6. The highest BCUT2D eigenvalue weighted by atomic mass is 14.8. The van der Waals surface area contributed by atoms with E-state index in [1.807, 2.05) is 0 Å². The van der Waals surface area contributed by atoms with Gasteiger partial charge in [0.15, 0.2) is 0 Å². The molecule has 0 saturated carbocycles. The minimum atomic E-state index is 0.877. The second-order valence-corrected chi connectivity index (χ2v) is 1.74. The van der Waals surface area contributed by atoms with E-state index in [-0.39, 0.29) is 0 Å². The van der Waals surface area contributed by atoms with Gasteiger partial charge in [-0.1, -0.05) is 5.57 Å². The Kier molecular flexibility index (Phi) is 3.71. The maximum absolute atomic E-state index is 3.46. The van der Waals surface area contributed by atoms with Crippen LogP contribution in [-0.4, -0.2) is 6.54 Å². The molecule has 41 valence electrons. The lowest BCUT2D eigenvalue weighted by atomic mass is 10.3. The minimum absolute atomic E-state index is 0.877. The van der Waals surface area contributed by atoms with E-state index in [9.17, 15) is 0 Å². The van der Waals surface area contributed by atoms with Crippen LogP contribution < -0.4 is 5.32 Å². The Labute approximate surface area is 45.4 Å². The molecule has 0 amide bonds. The molecule has 0 spiro atoms. The molecule has 0 aromatic carbocycles. The van der Waals surface area contributed by atoms with Crippen LogP contribution in [0.25, 0.3) is 0 Å². The molecule has 0 fully saturated rings. The average Bonchev–Trinajstić information content (AvgIpc) is 1.61. The van der Waals surface area contributed by atoms with E-state index in [1.54, 1.807) is 0 Å². The summed E-state index contributed by atoms with van der Waals surface area (Å²) in [4.78, 5) is 0. The topological polar surface area (TPSA) is 15.6 Å². The summed E-state index contributed by atoms with van der Waals surface area (Å²) in [6.07, 6.45) is 2.09. The molecule has 0 aliphatic carbocycles. The van der Waals surface area contributed by atoms with Crippen molar-refractivity contribution in [2.75, 3.05) is 6.54 Å². The Morgan fingerprint density at radius 2 is 2.29 bits per heavy atom. The summed E-state index contributed by atoms with van der Waals surface area (Å²) in [6.45, 7) is 5.01. The summed E-state index contributed by atoms with van der Waals surface area (Å²) in [7, 11) is 3.46. The van der Waals surface area contributed by atoms with Crippen LogP contribution in [-0.2, 0) is 0 Å². The first-order chi connectivity index (χ1) is 3.27. The third-order valence-electron chi connectivity index (χ3n) is 0.655. The lowest BCUT2D eigenvalue weighted by molar-refractivity contribution is -0.585. The van der Waals surface area contributed by atoms with Crippen LogP contribution >= 0.6 is 0 Å². The van der Waals surface area contributed by atoms with Gasteiger partial charge >= 0.3 is 0 Å². The molecule has 0 aliphatic heterocycles. The van der Waals surface area contributed by atoms with Crippen molar-refractivity contribution in [3.8, 4) is 0 Å². The first-order valence-electron chi connectivity index (χ1n) is 2.40. The zero-order chi connectivity index (χ0) is 5.70. The molecular weight excluding hydrogens is 86.1 g/mol. The van der Waals surface area contributed by atoms with E-state index in [1.165, 1.54) is 5.57 Å². The van der Waals surface area contributed by atoms with E-state index in [0.717, 1.165) is 6.54 Å².